The lowest BCUT2D eigenvalue weighted by atomic mass is 9.77. The topological polar surface area (TPSA) is 26.0 Å². The first-order chi connectivity index (χ1) is 7.66. The lowest BCUT2D eigenvalue weighted by Crippen LogP contribution is -2.26. The van der Waals surface area contributed by atoms with Gasteiger partial charge in [-0.3, -0.25) is 0 Å². The van der Waals surface area contributed by atoms with Gasteiger partial charge in [0.25, 0.3) is 0 Å². The van der Waals surface area contributed by atoms with Gasteiger partial charge in [-0.15, -0.1) is 0 Å². The Morgan fingerprint density at radius 3 is 2.62 bits per heavy atom. The molecule has 0 heterocycles. The molecule has 1 aliphatic carbocycles. The van der Waals surface area contributed by atoms with Crippen molar-refractivity contribution in [3.63, 3.8) is 0 Å². The van der Waals surface area contributed by atoms with Gasteiger partial charge >= 0.3 is 0 Å². The maximum Gasteiger partial charge on any atom is 0.0323 e. The van der Waals surface area contributed by atoms with E-state index in [1.165, 1.54) is 30.4 Å². The van der Waals surface area contributed by atoms with Gasteiger partial charge in [0.05, 0.1) is 0 Å². The first-order valence-corrected chi connectivity index (χ1v) is 6.51. The molecule has 1 heteroatoms. The van der Waals surface area contributed by atoms with Crippen molar-refractivity contribution in [2.45, 2.75) is 45.6 Å². The highest BCUT2D eigenvalue weighted by Gasteiger charge is 2.25. The van der Waals surface area contributed by atoms with Crippen LogP contribution in [0.2, 0.25) is 0 Å². The smallest absolute Gasteiger partial charge is 0.0323 e. The summed E-state index contributed by atoms with van der Waals surface area (Å²) in [5.74, 6) is 1.45. The van der Waals surface area contributed by atoms with E-state index in [4.69, 9.17) is 5.73 Å². The summed E-state index contributed by atoms with van der Waals surface area (Å²) in [6, 6.07) is 9.14. The molecular formula is C15H23N. The quantitative estimate of drug-likeness (QED) is 0.818. The molecule has 1 unspecified atom stereocenters. The molecule has 88 valence electrons. The number of rotatable bonds is 4. The van der Waals surface area contributed by atoms with Crippen molar-refractivity contribution in [3.8, 4) is 0 Å². The molecular weight excluding hydrogens is 194 g/mol. The first-order valence-electron chi connectivity index (χ1n) is 6.51. The highest BCUT2D eigenvalue weighted by Crippen LogP contribution is 2.36. The minimum absolute atomic E-state index is 0.265. The molecule has 1 aromatic carbocycles. The molecule has 0 amide bonds. The molecule has 0 spiro atoms. The lowest BCUT2D eigenvalue weighted by Gasteiger charge is -2.31. The molecule has 16 heavy (non-hydrogen) atoms. The third kappa shape index (κ3) is 2.65. The minimum Gasteiger partial charge on any atom is -0.324 e. The molecule has 0 bridgehead atoms. The minimum atomic E-state index is 0.265. The molecule has 1 aliphatic rings. The molecule has 2 rings (SSSR count). The average Bonchev–Trinajstić information content (AvgIpc) is 2.14. The Hall–Kier alpha value is -0.820. The second kappa shape index (κ2) is 5.01. The van der Waals surface area contributed by atoms with Crippen LogP contribution in [-0.2, 0) is 6.42 Å². The van der Waals surface area contributed by atoms with Crippen molar-refractivity contribution in [1.82, 2.24) is 0 Å². The molecule has 0 saturated heterocycles. The Bertz CT molecular complexity index is 339. The summed E-state index contributed by atoms with van der Waals surface area (Å²) in [6.45, 7) is 4.52. The Labute approximate surface area is 99.0 Å². The zero-order chi connectivity index (χ0) is 11.5. The number of hydrogen-bond donors (Lipinski definition) is 1. The van der Waals surface area contributed by atoms with E-state index in [0.29, 0.717) is 0 Å². The zero-order valence-corrected chi connectivity index (χ0v) is 10.4. The largest absolute Gasteiger partial charge is 0.324 e. The predicted molar refractivity (Wildman–Crippen MR) is 69.3 cm³/mol. The molecule has 1 fully saturated rings. The first kappa shape index (κ1) is 11.7. The van der Waals surface area contributed by atoms with Crippen LogP contribution in [0.5, 0.6) is 0 Å². The summed E-state index contributed by atoms with van der Waals surface area (Å²) in [6.07, 6.45) is 5.15. The van der Waals surface area contributed by atoms with Crippen LogP contribution in [-0.4, -0.2) is 0 Å². The van der Waals surface area contributed by atoms with Crippen molar-refractivity contribution in [3.05, 3.63) is 35.4 Å². The van der Waals surface area contributed by atoms with E-state index in [-0.39, 0.29) is 6.04 Å². The van der Waals surface area contributed by atoms with Crippen LogP contribution in [0, 0.1) is 11.8 Å². The molecule has 0 aliphatic heterocycles. The van der Waals surface area contributed by atoms with Gasteiger partial charge in [0.1, 0.15) is 0 Å². The van der Waals surface area contributed by atoms with Crippen molar-refractivity contribution >= 4 is 0 Å². The Kier molecular flexibility index (Phi) is 3.65. The predicted octanol–water partition coefficient (Wildman–Crippen LogP) is 3.69. The molecule has 1 aromatic rings. The fourth-order valence-electron chi connectivity index (χ4n) is 2.47. The van der Waals surface area contributed by atoms with Gasteiger partial charge in [-0.25, -0.2) is 0 Å². The van der Waals surface area contributed by atoms with Gasteiger partial charge < -0.3 is 5.73 Å². The molecule has 1 atom stereocenters. The van der Waals surface area contributed by atoms with Crippen LogP contribution < -0.4 is 5.73 Å². The molecule has 0 aromatic heterocycles. The fourth-order valence-corrected chi connectivity index (χ4v) is 2.47. The van der Waals surface area contributed by atoms with E-state index in [1.807, 2.05) is 0 Å². The van der Waals surface area contributed by atoms with Crippen molar-refractivity contribution in [2.75, 3.05) is 0 Å². The van der Waals surface area contributed by atoms with Gasteiger partial charge in [-0.1, -0.05) is 44.5 Å². The van der Waals surface area contributed by atoms with E-state index in [0.717, 1.165) is 18.3 Å². The zero-order valence-electron chi connectivity index (χ0n) is 10.4. The van der Waals surface area contributed by atoms with E-state index in [2.05, 4.69) is 38.1 Å². The standard InChI is InChI=1S/C15H23N/c1-11(2)9-12-5-3-8-14(10-12)15(16)13-6-4-7-13/h3,5,8,10-11,13,15H,4,6-7,9,16H2,1-2H3. The van der Waals surface area contributed by atoms with Crippen molar-refractivity contribution < 1.29 is 0 Å². The number of nitrogens with two attached hydrogens (primary N) is 1. The third-order valence-electron chi connectivity index (χ3n) is 3.64. The molecule has 1 nitrogen and oxygen atoms in total. The monoisotopic (exact) mass is 217 g/mol. The summed E-state index contributed by atoms with van der Waals surface area (Å²) in [5.41, 5.74) is 9.07. The third-order valence-corrected chi connectivity index (χ3v) is 3.64. The van der Waals surface area contributed by atoms with Crippen molar-refractivity contribution in [1.29, 1.82) is 0 Å². The van der Waals surface area contributed by atoms with Gasteiger partial charge in [-0.05, 0) is 42.2 Å². The molecule has 0 radical (unpaired) electrons. The maximum absolute atomic E-state index is 6.30. The number of hydrogen-bond acceptors (Lipinski definition) is 1. The SMILES string of the molecule is CC(C)Cc1cccc(C(N)C2CCC2)c1. The van der Waals surface area contributed by atoms with Crippen LogP contribution in [0.15, 0.2) is 24.3 Å². The van der Waals surface area contributed by atoms with Crippen LogP contribution in [0.4, 0.5) is 0 Å². The number of benzene rings is 1. The summed E-state index contributed by atoms with van der Waals surface area (Å²) in [4.78, 5) is 0. The summed E-state index contributed by atoms with van der Waals surface area (Å²) in [7, 11) is 0. The summed E-state index contributed by atoms with van der Waals surface area (Å²) in [5, 5.41) is 0. The van der Waals surface area contributed by atoms with Gasteiger partial charge in [0.15, 0.2) is 0 Å². The second-order valence-corrected chi connectivity index (χ2v) is 5.56. The van der Waals surface area contributed by atoms with Crippen LogP contribution >= 0.6 is 0 Å². The van der Waals surface area contributed by atoms with E-state index in [1.54, 1.807) is 0 Å². The normalized spacial score (nSPS) is 18.5. The van der Waals surface area contributed by atoms with Crippen LogP contribution in [0.1, 0.15) is 50.3 Å². The van der Waals surface area contributed by atoms with E-state index < -0.39 is 0 Å². The highest BCUT2D eigenvalue weighted by molar-refractivity contribution is 5.27. The fraction of sp³-hybridized carbons (Fsp3) is 0.600. The van der Waals surface area contributed by atoms with Gasteiger partial charge in [-0.2, -0.15) is 0 Å². The highest BCUT2D eigenvalue weighted by atomic mass is 14.7. The summed E-state index contributed by atoms with van der Waals surface area (Å²) >= 11 is 0. The maximum atomic E-state index is 6.30. The van der Waals surface area contributed by atoms with Crippen molar-refractivity contribution in [2.24, 2.45) is 17.6 Å². The summed E-state index contributed by atoms with van der Waals surface area (Å²) < 4.78 is 0. The Morgan fingerprint density at radius 2 is 2.06 bits per heavy atom. The molecule has 1 saturated carbocycles. The lowest BCUT2D eigenvalue weighted by molar-refractivity contribution is 0.264. The Balaban J connectivity index is 2.08. The van der Waals surface area contributed by atoms with Gasteiger partial charge in [0.2, 0.25) is 0 Å². The average molecular weight is 217 g/mol. The van der Waals surface area contributed by atoms with E-state index in [9.17, 15) is 0 Å². The van der Waals surface area contributed by atoms with Crippen LogP contribution in [0.3, 0.4) is 0 Å². The van der Waals surface area contributed by atoms with Gasteiger partial charge in [0, 0.05) is 6.04 Å². The molecule has 2 N–H and O–H groups in total. The van der Waals surface area contributed by atoms with Crippen LogP contribution in [0.25, 0.3) is 0 Å². The Morgan fingerprint density at radius 1 is 1.31 bits per heavy atom. The second-order valence-electron chi connectivity index (χ2n) is 5.56. The van der Waals surface area contributed by atoms with E-state index >= 15 is 0 Å².